The predicted molar refractivity (Wildman–Crippen MR) is 153 cm³/mol. The second-order valence-corrected chi connectivity index (χ2v) is 11.2. The summed E-state index contributed by atoms with van der Waals surface area (Å²) in [5.41, 5.74) is 2.82. The third-order valence-electron chi connectivity index (χ3n) is 8.54. The Morgan fingerprint density at radius 1 is 0.902 bits per heavy atom. The lowest BCUT2D eigenvalue weighted by atomic mass is 9.73. The van der Waals surface area contributed by atoms with E-state index in [1.54, 1.807) is 12.4 Å². The number of aryl methyl sites for hydroxylation is 1. The first kappa shape index (κ1) is 26.9. The van der Waals surface area contributed by atoms with Crippen LogP contribution < -0.4 is 4.74 Å². The van der Waals surface area contributed by atoms with Crippen LogP contribution in [-0.4, -0.2) is 69.5 Å². The van der Waals surface area contributed by atoms with Gasteiger partial charge in [-0.05, 0) is 61.3 Å². The van der Waals surface area contributed by atoms with Crippen molar-refractivity contribution < 1.29 is 18.8 Å². The molecule has 4 heterocycles. The molecule has 1 fully saturated rings. The largest absolute Gasteiger partial charge is 0.491 e. The van der Waals surface area contributed by atoms with Gasteiger partial charge in [0.05, 0.1) is 19.2 Å². The van der Waals surface area contributed by atoms with Crippen molar-refractivity contribution >= 4 is 22.8 Å². The maximum Gasteiger partial charge on any atom is 0.274 e. The Morgan fingerprint density at radius 2 is 1.73 bits per heavy atom. The zero-order valence-electron chi connectivity index (χ0n) is 23.2. The SMILES string of the molecule is O=C(Cc1noc2ccccc12)N1CCC2(CCCCc3ccccc3OCCN(C(=O)c3cnccn3)C2)CC1. The molecule has 212 valence electrons. The molecule has 4 aromatic rings. The number of nitrogens with zero attached hydrogens (tertiary/aromatic N) is 5. The first-order valence-corrected chi connectivity index (χ1v) is 14.5. The normalized spacial score (nSPS) is 17.8. The summed E-state index contributed by atoms with van der Waals surface area (Å²) >= 11 is 0. The van der Waals surface area contributed by atoms with Crippen LogP contribution in [0.2, 0.25) is 0 Å². The number of likely N-dealkylation sites (tertiary alicyclic amines) is 1. The van der Waals surface area contributed by atoms with E-state index >= 15 is 0 Å². The van der Waals surface area contributed by atoms with E-state index in [4.69, 9.17) is 9.26 Å². The molecule has 41 heavy (non-hydrogen) atoms. The molecule has 0 bridgehead atoms. The van der Waals surface area contributed by atoms with Gasteiger partial charge in [0.1, 0.15) is 23.7 Å². The van der Waals surface area contributed by atoms with E-state index < -0.39 is 0 Å². The monoisotopic (exact) mass is 553 g/mol. The number of piperidine rings is 1. The zero-order chi connectivity index (χ0) is 28.1. The van der Waals surface area contributed by atoms with Crippen molar-refractivity contribution in [2.45, 2.75) is 44.9 Å². The van der Waals surface area contributed by atoms with Crippen LogP contribution >= 0.6 is 0 Å². The van der Waals surface area contributed by atoms with Gasteiger partial charge in [-0.1, -0.05) is 41.9 Å². The van der Waals surface area contributed by atoms with Crippen LogP contribution in [0.5, 0.6) is 5.75 Å². The van der Waals surface area contributed by atoms with Crippen molar-refractivity contribution in [2.75, 3.05) is 32.8 Å². The average molecular weight is 554 g/mol. The van der Waals surface area contributed by atoms with Gasteiger partial charge in [-0.2, -0.15) is 0 Å². The molecular weight excluding hydrogens is 518 g/mol. The third kappa shape index (κ3) is 6.09. The molecule has 2 amide bonds. The van der Waals surface area contributed by atoms with Crippen molar-refractivity contribution in [2.24, 2.45) is 5.41 Å². The smallest absolute Gasteiger partial charge is 0.274 e. The minimum Gasteiger partial charge on any atom is -0.491 e. The molecule has 0 aliphatic carbocycles. The van der Waals surface area contributed by atoms with Crippen molar-refractivity contribution in [1.82, 2.24) is 24.9 Å². The molecule has 9 heteroatoms. The fourth-order valence-electron chi connectivity index (χ4n) is 6.20. The number of ether oxygens (including phenoxy) is 1. The van der Waals surface area contributed by atoms with Crippen LogP contribution in [0, 0.1) is 5.41 Å². The topological polar surface area (TPSA) is 102 Å². The summed E-state index contributed by atoms with van der Waals surface area (Å²) in [5.74, 6) is 0.814. The quantitative estimate of drug-likeness (QED) is 0.362. The van der Waals surface area contributed by atoms with E-state index in [-0.39, 0.29) is 23.7 Å². The second kappa shape index (κ2) is 12.1. The van der Waals surface area contributed by atoms with Crippen LogP contribution in [0.1, 0.15) is 53.8 Å². The number of hydrogen-bond acceptors (Lipinski definition) is 7. The number of aromatic nitrogens is 3. The van der Waals surface area contributed by atoms with Gasteiger partial charge in [-0.25, -0.2) is 4.98 Å². The number of hydrogen-bond donors (Lipinski definition) is 0. The Morgan fingerprint density at radius 3 is 2.59 bits per heavy atom. The summed E-state index contributed by atoms with van der Waals surface area (Å²) in [6.07, 6.45) is 10.6. The summed E-state index contributed by atoms with van der Waals surface area (Å²) in [4.78, 5) is 39.2. The van der Waals surface area contributed by atoms with E-state index in [0.717, 1.165) is 49.7 Å². The molecule has 0 atom stereocenters. The third-order valence-corrected chi connectivity index (χ3v) is 8.54. The minimum absolute atomic E-state index is 0.0598. The fourth-order valence-corrected chi connectivity index (χ4v) is 6.20. The van der Waals surface area contributed by atoms with Gasteiger partial charge in [0.2, 0.25) is 5.91 Å². The highest BCUT2D eigenvalue weighted by molar-refractivity contribution is 5.92. The molecule has 1 saturated heterocycles. The predicted octanol–water partition coefficient (Wildman–Crippen LogP) is 4.72. The number of para-hydroxylation sites is 2. The highest BCUT2D eigenvalue weighted by Crippen LogP contribution is 2.39. The Bertz CT molecular complexity index is 1500. The van der Waals surface area contributed by atoms with Crippen molar-refractivity contribution in [3.8, 4) is 5.75 Å². The molecule has 2 aliphatic rings. The van der Waals surface area contributed by atoms with Gasteiger partial charge >= 0.3 is 0 Å². The second-order valence-electron chi connectivity index (χ2n) is 11.2. The molecule has 6 rings (SSSR count). The molecule has 0 unspecified atom stereocenters. The number of amides is 2. The van der Waals surface area contributed by atoms with Crippen molar-refractivity contribution in [1.29, 1.82) is 0 Å². The highest BCUT2D eigenvalue weighted by atomic mass is 16.5. The number of carbonyl (C=O) groups excluding carboxylic acids is 2. The Kier molecular flexibility index (Phi) is 7.93. The molecule has 2 aliphatic heterocycles. The van der Waals surface area contributed by atoms with E-state index in [9.17, 15) is 9.59 Å². The molecule has 2 aromatic heterocycles. The van der Waals surface area contributed by atoms with Gasteiger partial charge in [0, 0.05) is 37.4 Å². The van der Waals surface area contributed by atoms with Crippen LogP contribution in [0.25, 0.3) is 11.0 Å². The van der Waals surface area contributed by atoms with Crippen molar-refractivity contribution in [3.63, 3.8) is 0 Å². The zero-order valence-corrected chi connectivity index (χ0v) is 23.2. The van der Waals surface area contributed by atoms with Gasteiger partial charge in [-0.15, -0.1) is 0 Å². The van der Waals surface area contributed by atoms with Crippen LogP contribution in [-0.2, 0) is 17.6 Å². The number of rotatable bonds is 3. The molecule has 1 spiro atoms. The maximum absolute atomic E-state index is 13.6. The molecule has 0 saturated carbocycles. The minimum atomic E-state index is -0.136. The van der Waals surface area contributed by atoms with Crippen molar-refractivity contribution in [3.05, 3.63) is 84.1 Å². The van der Waals surface area contributed by atoms with Crippen LogP contribution in [0.3, 0.4) is 0 Å². The van der Waals surface area contributed by atoms with Crippen LogP contribution in [0.15, 0.2) is 71.6 Å². The lowest BCUT2D eigenvalue weighted by Crippen LogP contribution is -2.50. The Labute approximate surface area is 239 Å². The van der Waals surface area contributed by atoms with Gasteiger partial charge in [0.15, 0.2) is 5.58 Å². The van der Waals surface area contributed by atoms with Gasteiger partial charge in [0.25, 0.3) is 5.91 Å². The van der Waals surface area contributed by atoms with E-state index in [1.165, 1.54) is 11.8 Å². The van der Waals surface area contributed by atoms with E-state index in [1.807, 2.05) is 52.3 Å². The molecule has 0 radical (unpaired) electrons. The average Bonchev–Trinajstić information content (AvgIpc) is 3.42. The first-order chi connectivity index (χ1) is 20.1. The summed E-state index contributed by atoms with van der Waals surface area (Å²) in [5, 5.41) is 5.04. The molecule has 9 nitrogen and oxygen atoms in total. The number of benzene rings is 2. The Hall–Kier alpha value is -4.27. The maximum atomic E-state index is 13.6. The molecular formula is C32H35N5O4. The lowest BCUT2D eigenvalue weighted by molar-refractivity contribution is -0.133. The summed E-state index contributed by atoms with van der Waals surface area (Å²) in [6.45, 7) is 2.76. The van der Waals surface area contributed by atoms with Gasteiger partial charge < -0.3 is 19.1 Å². The number of fused-ring (bicyclic) bond motifs is 2. The van der Waals surface area contributed by atoms with E-state index in [2.05, 4.69) is 21.2 Å². The summed E-state index contributed by atoms with van der Waals surface area (Å²) < 4.78 is 11.6. The van der Waals surface area contributed by atoms with Gasteiger partial charge in [-0.3, -0.25) is 14.6 Å². The van der Waals surface area contributed by atoms with Crippen LogP contribution in [0.4, 0.5) is 0 Å². The molecule has 0 N–H and O–H groups in total. The summed E-state index contributed by atoms with van der Waals surface area (Å²) in [6, 6.07) is 15.8. The standard InChI is InChI=1S/C32H35N5O4/c38-30(21-26-25-9-2-4-11-29(25)41-35-26)36-17-13-32(14-18-36)12-6-5-8-24-7-1-3-10-28(24)40-20-19-37(23-32)31(39)27-22-33-15-16-34-27/h1-4,7,9-11,15-16,22H,5-6,8,12-14,17-21,23H2. The highest BCUT2D eigenvalue weighted by Gasteiger charge is 2.38. The fraction of sp³-hybridized carbons (Fsp3) is 0.406. The molecule has 2 aromatic carbocycles. The Balaban J connectivity index is 1.18. The van der Waals surface area contributed by atoms with E-state index in [0.29, 0.717) is 49.8 Å². The summed E-state index contributed by atoms with van der Waals surface area (Å²) in [7, 11) is 0. The first-order valence-electron chi connectivity index (χ1n) is 14.5. The number of carbonyl (C=O) groups is 2. The lowest BCUT2D eigenvalue weighted by Gasteiger charge is -2.45.